The topological polar surface area (TPSA) is 52.6 Å². The lowest BCUT2D eigenvalue weighted by molar-refractivity contribution is -0.112. The lowest BCUT2D eigenvalue weighted by atomic mass is 9.86. The Labute approximate surface area is 165 Å². The van der Waals surface area contributed by atoms with Crippen molar-refractivity contribution >= 4 is 23.1 Å². The van der Waals surface area contributed by atoms with Crippen molar-refractivity contribution in [1.82, 2.24) is 10.2 Å². The van der Waals surface area contributed by atoms with E-state index in [1.54, 1.807) is 6.07 Å². The molecule has 1 unspecified atom stereocenters. The fourth-order valence-corrected chi connectivity index (χ4v) is 3.71. The van der Waals surface area contributed by atoms with E-state index in [9.17, 15) is 9.90 Å². The fourth-order valence-electron chi connectivity index (χ4n) is 3.48. The van der Waals surface area contributed by atoms with Crippen LogP contribution in [0.3, 0.4) is 0 Å². The Morgan fingerprint density at radius 2 is 2.11 bits per heavy atom. The summed E-state index contributed by atoms with van der Waals surface area (Å²) < 4.78 is 0. The standard InChI is InChI=1S/C22H24N2O2S/c1-4-17-19(21(26)15-9-7-5-6-8-10-15)20(23-22(27)24(17)3)16-11-12-18(25)14(2)13-16/h5-9,11-13,20,25H,4,10H2,1-3H3,(H,23,27). The molecule has 5 heteroatoms. The van der Waals surface area contributed by atoms with Crippen molar-refractivity contribution in [3.05, 3.63) is 76.5 Å². The second kappa shape index (κ2) is 7.92. The van der Waals surface area contributed by atoms with E-state index in [1.165, 1.54) is 0 Å². The first kappa shape index (κ1) is 19.1. The third-order valence-corrected chi connectivity index (χ3v) is 5.39. The molecule has 3 rings (SSSR count). The van der Waals surface area contributed by atoms with Gasteiger partial charge in [0, 0.05) is 23.9 Å². The molecule has 0 spiro atoms. The number of carbonyl (C=O) groups is 1. The van der Waals surface area contributed by atoms with Crippen LogP contribution in [0.25, 0.3) is 0 Å². The Morgan fingerprint density at radius 1 is 1.33 bits per heavy atom. The van der Waals surface area contributed by atoms with Crippen molar-refractivity contribution < 1.29 is 9.90 Å². The number of rotatable bonds is 4. The highest BCUT2D eigenvalue weighted by molar-refractivity contribution is 7.80. The van der Waals surface area contributed by atoms with E-state index >= 15 is 0 Å². The molecule has 0 bridgehead atoms. The van der Waals surface area contributed by atoms with Crippen LogP contribution in [0.5, 0.6) is 5.75 Å². The first-order valence-electron chi connectivity index (χ1n) is 9.07. The summed E-state index contributed by atoms with van der Waals surface area (Å²) in [6.07, 6.45) is 10.9. The number of phenolic OH excluding ortho intramolecular Hbond substituents is 1. The molecule has 4 nitrogen and oxygen atoms in total. The zero-order chi connectivity index (χ0) is 19.6. The molecule has 1 aromatic carbocycles. The molecular formula is C22H24N2O2S. The van der Waals surface area contributed by atoms with Crippen LogP contribution >= 0.6 is 12.2 Å². The molecule has 0 amide bonds. The minimum absolute atomic E-state index is 0.0284. The predicted molar refractivity (Wildman–Crippen MR) is 112 cm³/mol. The third kappa shape index (κ3) is 3.74. The van der Waals surface area contributed by atoms with Crippen molar-refractivity contribution in [3.63, 3.8) is 0 Å². The lowest BCUT2D eigenvalue weighted by Crippen LogP contribution is -2.46. The number of hydrogen-bond acceptors (Lipinski definition) is 3. The maximum Gasteiger partial charge on any atom is 0.189 e. The zero-order valence-electron chi connectivity index (χ0n) is 15.8. The first-order chi connectivity index (χ1) is 12.9. The van der Waals surface area contributed by atoms with Gasteiger partial charge in [-0.3, -0.25) is 4.79 Å². The summed E-state index contributed by atoms with van der Waals surface area (Å²) in [5, 5.41) is 13.8. The van der Waals surface area contributed by atoms with E-state index < -0.39 is 0 Å². The Kier molecular flexibility index (Phi) is 5.61. The number of Topliss-reactive ketones (excluding diaryl/α,β-unsaturated/α-hetero) is 1. The molecule has 0 radical (unpaired) electrons. The number of nitrogens with zero attached hydrogens (tertiary/aromatic N) is 1. The van der Waals surface area contributed by atoms with Crippen molar-refractivity contribution in [2.75, 3.05) is 7.05 Å². The van der Waals surface area contributed by atoms with E-state index in [-0.39, 0.29) is 17.6 Å². The van der Waals surface area contributed by atoms with Crippen LogP contribution in [0.1, 0.15) is 36.9 Å². The summed E-state index contributed by atoms with van der Waals surface area (Å²) >= 11 is 5.51. The molecular weight excluding hydrogens is 356 g/mol. The molecule has 1 aromatic rings. The van der Waals surface area contributed by atoms with E-state index in [2.05, 4.69) is 5.32 Å². The van der Waals surface area contributed by atoms with E-state index in [0.29, 0.717) is 23.5 Å². The van der Waals surface area contributed by atoms with E-state index in [1.807, 2.05) is 68.3 Å². The van der Waals surface area contributed by atoms with Crippen LogP contribution in [0, 0.1) is 6.92 Å². The maximum atomic E-state index is 13.5. The second-order valence-electron chi connectivity index (χ2n) is 6.74. The number of hydrogen-bond donors (Lipinski definition) is 2. The monoisotopic (exact) mass is 380 g/mol. The average Bonchev–Trinajstić information content (AvgIpc) is 2.94. The molecule has 27 heavy (non-hydrogen) atoms. The van der Waals surface area contributed by atoms with Gasteiger partial charge in [-0.25, -0.2) is 0 Å². The summed E-state index contributed by atoms with van der Waals surface area (Å²) in [4.78, 5) is 15.4. The van der Waals surface area contributed by atoms with Crippen LogP contribution < -0.4 is 5.32 Å². The van der Waals surface area contributed by atoms with Gasteiger partial charge in [0.1, 0.15) is 5.75 Å². The number of aromatic hydroxyl groups is 1. The molecule has 1 aliphatic heterocycles. The summed E-state index contributed by atoms with van der Waals surface area (Å²) in [6, 6.07) is 5.07. The van der Waals surface area contributed by atoms with Crippen molar-refractivity contribution in [2.24, 2.45) is 0 Å². The van der Waals surface area contributed by atoms with Gasteiger partial charge in [-0.05, 0) is 55.2 Å². The Hall–Kier alpha value is -2.66. The molecule has 1 atom stereocenters. The number of allylic oxidation sites excluding steroid dienone is 7. The normalized spacial score (nSPS) is 19.7. The summed E-state index contributed by atoms with van der Waals surface area (Å²) in [7, 11) is 1.89. The van der Waals surface area contributed by atoms with E-state index in [4.69, 9.17) is 12.2 Å². The summed E-state index contributed by atoms with van der Waals surface area (Å²) in [6.45, 7) is 3.88. The molecule has 140 valence electrons. The van der Waals surface area contributed by atoms with Gasteiger partial charge in [0.15, 0.2) is 10.9 Å². The number of ketones is 1. The quantitative estimate of drug-likeness (QED) is 0.766. The van der Waals surface area contributed by atoms with Gasteiger partial charge >= 0.3 is 0 Å². The number of thiocarbonyl (C=S) groups is 1. The van der Waals surface area contributed by atoms with Gasteiger partial charge in [0.05, 0.1) is 6.04 Å². The Balaban J connectivity index is 2.14. The minimum atomic E-state index is -0.340. The zero-order valence-corrected chi connectivity index (χ0v) is 16.6. The lowest BCUT2D eigenvalue weighted by Gasteiger charge is -2.37. The van der Waals surface area contributed by atoms with E-state index in [0.717, 1.165) is 22.4 Å². The number of benzene rings is 1. The number of aryl methyl sites for hydroxylation is 1. The molecule has 0 saturated heterocycles. The fraction of sp³-hybridized carbons (Fsp3) is 0.273. The van der Waals surface area contributed by atoms with Gasteiger partial charge in [0.2, 0.25) is 0 Å². The largest absolute Gasteiger partial charge is 0.508 e. The van der Waals surface area contributed by atoms with Gasteiger partial charge in [-0.1, -0.05) is 43.4 Å². The second-order valence-corrected chi connectivity index (χ2v) is 7.13. The van der Waals surface area contributed by atoms with Crippen LogP contribution in [0.15, 0.2) is 65.4 Å². The molecule has 1 aliphatic carbocycles. The number of phenols is 1. The highest BCUT2D eigenvalue weighted by Crippen LogP contribution is 2.35. The Morgan fingerprint density at radius 3 is 2.81 bits per heavy atom. The predicted octanol–water partition coefficient (Wildman–Crippen LogP) is 4.24. The number of carbonyl (C=O) groups excluding carboxylic acids is 1. The highest BCUT2D eigenvalue weighted by atomic mass is 32.1. The molecule has 1 heterocycles. The summed E-state index contributed by atoms with van der Waals surface area (Å²) in [5.41, 5.74) is 4.08. The molecule has 0 aromatic heterocycles. The van der Waals surface area contributed by atoms with Crippen LogP contribution in [-0.4, -0.2) is 27.9 Å². The smallest absolute Gasteiger partial charge is 0.189 e. The SMILES string of the molecule is CCC1=C(C(=O)C2=CC=CC=CC2)C(c2ccc(O)c(C)c2)NC(=S)N1C. The van der Waals surface area contributed by atoms with Gasteiger partial charge in [0.25, 0.3) is 0 Å². The van der Waals surface area contributed by atoms with Gasteiger partial charge < -0.3 is 15.3 Å². The average molecular weight is 381 g/mol. The van der Waals surface area contributed by atoms with Gasteiger partial charge in [-0.2, -0.15) is 0 Å². The Bertz CT molecular complexity index is 909. The van der Waals surface area contributed by atoms with Crippen LogP contribution in [0.2, 0.25) is 0 Å². The van der Waals surface area contributed by atoms with Crippen molar-refractivity contribution in [2.45, 2.75) is 32.7 Å². The summed E-state index contributed by atoms with van der Waals surface area (Å²) in [5.74, 6) is 0.268. The minimum Gasteiger partial charge on any atom is -0.508 e. The van der Waals surface area contributed by atoms with Crippen LogP contribution in [-0.2, 0) is 4.79 Å². The molecule has 2 N–H and O–H groups in total. The molecule has 0 fully saturated rings. The molecule has 0 saturated carbocycles. The highest BCUT2D eigenvalue weighted by Gasteiger charge is 2.34. The van der Waals surface area contributed by atoms with Crippen molar-refractivity contribution in [1.29, 1.82) is 0 Å². The molecule has 2 aliphatic rings. The number of nitrogens with one attached hydrogen (secondary N) is 1. The third-order valence-electron chi connectivity index (χ3n) is 5.00. The van der Waals surface area contributed by atoms with Gasteiger partial charge in [-0.15, -0.1) is 0 Å². The maximum absolute atomic E-state index is 13.5. The van der Waals surface area contributed by atoms with Crippen molar-refractivity contribution in [3.8, 4) is 5.75 Å². The van der Waals surface area contributed by atoms with Crippen LogP contribution in [0.4, 0.5) is 0 Å². The first-order valence-corrected chi connectivity index (χ1v) is 9.48.